The highest BCUT2D eigenvalue weighted by molar-refractivity contribution is 6.13. The fourth-order valence-corrected chi connectivity index (χ4v) is 1.82. The Balaban J connectivity index is 2.44. The molecule has 6 heteroatoms. The average Bonchev–Trinajstić information content (AvgIpc) is 2.53. The molecule has 0 fully saturated rings. The van der Waals surface area contributed by atoms with E-state index < -0.39 is 11.8 Å². The van der Waals surface area contributed by atoms with Gasteiger partial charge in [-0.25, -0.2) is 14.8 Å². The first-order valence-electron chi connectivity index (χ1n) is 6.34. The number of aromatic carboxylic acids is 1. The zero-order valence-corrected chi connectivity index (χ0v) is 11.7. The first-order valence-corrected chi connectivity index (χ1v) is 6.34. The van der Waals surface area contributed by atoms with Crippen LogP contribution in [-0.4, -0.2) is 33.9 Å². The molecule has 0 radical (unpaired) electrons. The monoisotopic (exact) mass is 286 g/mol. The van der Waals surface area contributed by atoms with Crippen LogP contribution in [0.25, 0.3) is 0 Å². The van der Waals surface area contributed by atoms with Crippen molar-refractivity contribution in [2.75, 3.05) is 7.11 Å². The van der Waals surface area contributed by atoms with Crippen molar-refractivity contribution < 1.29 is 19.4 Å². The third kappa shape index (κ3) is 3.05. The van der Waals surface area contributed by atoms with Crippen LogP contribution in [0.5, 0.6) is 5.75 Å². The van der Waals surface area contributed by atoms with Crippen molar-refractivity contribution >= 4 is 11.8 Å². The van der Waals surface area contributed by atoms with Crippen LogP contribution in [0.15, 0.2) is 30.5 Å². The van der Waals surface area contributed by atoms with E-state index in [1.54, 1.807) is 24.3 Å². The quantitative estimate of drug-likeness (QED) is 0.845. The Morgan fingerprint density at radius 1 is 1.24 bits per heavy atom. The molecule has 0 amide bonds. The van der Waals surface area contributed by atoms with Crippen LogP contribution in [0, 0.1) is 0 Å². The number of hydrogen-bond donors (Lipinski definition) is 1. The standard InChI is InChI=1S/C15H14N2O4/c1-3-12-16-8-11(13(17-12)15(19)20)14(18)9-4-6-10(21-2)7-5-9/h4-8H,3H2,1-2H3,(H,19,20). The molecule has 0 saturated heterocycles. The lowest BCUT2D eigenvalue weighted by atomic mass is 10.0. The van der Waals surface area contributed by atoms with Gasteiger partial charge in [0.2, 0.25) is 0 Å². The maximum absolute atomic E-state index is 12.4. The van der Waals surface area contributed by atoms with Crippen molar-refractivity contribution in [1.29, 1.82) is 0 Å². The molecule has 1 N–H and O–H groups in total. The maximum Gasteiger partial charge on any atom is 0.355 e. The van der Waals surface area contributed by atoms with Gasteiger partial charge in [0.15, 0.2) is 11.5 Å². The summed E-state index contributed by atoms with van der Waals surface area (Å²) in [6.45, 7) is 1.81. The van der Waals surface area contributed by atoms with E-state index in [4.69, 9.17) is 4.74 Å². The number of ketones is 1. The second kappa shape index (κ2) is 6.13. The predicted molar refractivity (Wildman–Crippen MR) is 74.8 cm³/mol. The highest BCUT2D eigenvalue weighted by Crippen LogP contribution is 2.16. The molecule has 0 aliphatic rings. The number of nitrogens with zero attached hydrogens (tertiary/aromatic N) is 2. The lowest BCUT2D eigenvalue weighted by Crippen LogP contribution is -2.14. The SMILES string of the molecule is CCc1ncc(C(=O)c2ccc(OC)cc2)c(C(=O)O)n1. The summed E-state index contributed by atoms with van der Waals surface area (Å²) < 4.78 is 5.02. The number of carbonyl (C=O) groups is 2. The first-order chi connectivity index (χ1) is 10.1. The van der Waals surface area contributed by atoms with Gasteiger partial charge >= 0.3 is 5.97 Å². The van der Waals surface area contributed by atoms with E-state index in [1.807, 2.05) is 6.92 Å². The minimum absolute atomic E-state index is 0.0233. The number of hydrogen-bond acceptors (Lipinski definition) is 5. The van der Waals surface area contributed by atoms with Crippen molar-refractivity contribution in [1.82, 2.24) is 9.97 Å². The van der Waals surface area contributed by atoms with Gasteiger partial charge in [0.25, 0.3) is 0 Å². The molecule has 0 aliphatic carbocycles. The topological polar surface area (TPSA) is 89.4 Å². The van der Waals surface area contributed by atoms with E-state index in [-0.39, 0.29) is 11.3 Å². The number of ether oxygens (including phenoxy) is 1. The number of rotatable bonds is 5. The molecule has 1 heterocycles. The molecule has 2 rings (SSSR count). The van der Waals surface area contributed by atoms with Gasteiger partial charge < -0.3 is 9.84 Å². The van der Waals surface area contributed by atoms with Crippen LogP contribution in [-0.2, 0) is 6.42 Å². The molecule has 0 unspecified atom stereocenters. The first kappa shape index (κ1) is 14.6. The third-order valence-corrected chi connectivity index (χ3v) is 2.95. The van der Waals surface area contributed by atoms with Crippen molar-refractivity contribution in [3.05, 3.63) is 53.1 Å². The van der Waals surface area contributed by atoms with Crippen LogP contribution in [0.3, 0.4) is 0 Å². The van der Waals surface area contributed by atoms with Crippen LogP contribution in [0.2, 0.25) is 0 Å². The molecule has 0 aliphatic heterocycles. The third-order valence-electron chi connectivity index (χ3n) is 2.95. The fraction of sp³-hybridized carbons (Fsp3) is 0.200. The number of carboxylic acid groups (broad SMARTS) is 1. The molecule has 6 nitrogen and oxygen atoms in total. The molecule has 1 aromatic carbocycles. The molecule has 0 atom stereocenters. The Labute approximate surface area is 121 Å². The Hall–Kier alpha value is -2.76. The predicted octanol–water partition coefficient (Wildman–Crippen LogP) is 1.98. The molecular formula is C15H14N2O4. The normalized spacial score (nSPS) is 10.2. The number of carboxylic acids is 1. The lowest BCUT2D eigenvalue weighted by Gasteiger charge is -2.06. The summed E-state index contributed by atoms with van der Waals surface area (Å²) in [5.41, 5.74) is 0.0543. The summed E-state index contributed by atoms with van der Waals surface area (Å²) in [4.78, 5) is 31.6. The van der Waals surface area contributed by atoms with E-state index in [2.05, 4.69) is 9.97 Å². The van der Waals surface area contributed by atoms with Gasteiger partial charge in [0.05, 0.1) is 12.7 Å². The lowest BCUT2D eigenvalue weighted by molar-refractivity contribution is 0.0685. The van der Waals surface area contributed by atoms with E-state index in [0.717, 1.165) is 0 Å². The Kier molecular flexibility index (Phi) is 4.27. The van der Waals surface area contributed by atoms with Gasteiger partial charge in [-0.2, -0.15) is 0 Å². The molecule has 1 aromatic heterocycles. The summed E-state index contributed by atoms with van der Waals surface area (Å²) in [5, 5.41) is 9.20. The van der Waals surface area contributed by atoms with Gasteiger partial charge in [0, 0.05) is 18.2 Å². The molecule has 21 heavy (non-hydrogen) atoms. The van der Waals surface area contributed by atoms with Crippen molar-refractivity contribution in [2.45, 2.75) is 13.3 Å². The largest absolute Gasteiger partial charge is 0.497 e. The smallest absolute Gasteiger partial charge is 0.355 e. The number of methoxy groups -OCH3 is 1. The Bertz CT molecular complexity index is 681. The van der Waals surface area contributed by atoms with Crippen LogP contribution >= 0.6 is 0 Å². The summed E-state index contributed by atoms with van der Waals surface area (Å²) in [6, 6.07) is 6.41. The summed E-state index contributed by atoms with van der Waals surface area (Å²) in [6.07, 6.45) is 1.76. The van der Waals surface area contributed by atoms with E-state index in [0.29, 0.717) is 23.6 Å². The number of carbonyl (C=O) groups excluding carboxylic acids is 1. The fourth-order valence-electron chi connectivity index (χ4n) is 1.82. The highest BCUT2D eigenvalue weighted by Gasteiger charge is 2.20. The summed E-state index contributed by atoms with van der Waals surface area (Å²) in [5.74, 6) is -0.678. The highest BCUT2D eigenvalue weighted by atomic mass is 16.5. The number of aromatic nitrogens is 2. The molecule has 0 saturated carbocycles. The van der Waals surface area contributed by atoms with Crippen LogP contribution in [0.1, 0.15) is 39.2 Å². The van der Waals surface area contributed by atoms with Crippen LogP contribution < -0.4 is 4.74 Å². The second-order valence-corrected chi connectivity index (χ2v) is 4.26. The minimum atomic E-state index is -1.25. The van der Waals surface area contributed by atoms with Gasteiger partial charge in [-0.05, 0) is 24.3 Å². The molecule has 0 spiro atoms. The second-order valence-electron chi connectivity index (χ2n) is 4.26. The zero-order valence-electron chi connectivity index (χ0n) is 11.7. The Morgan fingerprint density at radius 2 is 1.90 bits per heavy atom. The van der Waals surface area contributed by atoms with Crippen molar-refractivity contribution in [3.8, 4) is 5.75 Å². The van der Waals surface area contributed by atoms with E-state index in [9.17, 15) is 14.7 Å². The van der Waals surface area contributed by atoms with Gasteiger partial charge in [-0.3, -0.25) is 4.79 Å². The Morgan fingerprint density at radius 3 is 2.43 bits per heavy atom. The van der Waals surface area contributed by atoms with Crippen LogP contribution in [0.4, 0.5) is 0 Å². The zero-order chi connectivity index (χ0) is 15.4. The summed E-state index contributed by atoms with van der Waals surface area (Å²) in [7, 11) is 1.52. The maximum atomic E-state index is 12.4. The van der Waals surface area contributed by atoms with E-state index >= 15 is 0 Å². The minimum Gasteiger partial charge on any atom is -0.497 e. The van der Waals surface area contributed by atoms with Gasteiger partial charge in [-0.1, -0.05) is 6.92 Å². The van der Waals surface area contributed by atoms with Gasteiger partial charge in [-0.15, -0.1) is 0 Å². The van der Waals surface area contributed by atoms with E-state index in [1.165, 1.54) is 13.3 Å². The molecule has 2 aromatic rings. The average molecular weight is 286 g/mol. The molecule has 108 valence electrons. The van der Waals surface area contributed by atoms with Gasteiger partial charge in [0.1, 0.15) is 11.6 Å². The van der Waals surface area contributed by atoms with Crippen molar-refractivity contribution in [3.63, 3.8) is 0 Å². The molecular weight excluding hydrogens is 272 g/mol. The van der Waals surface area contributed by atoms with Crippen molar-refractivity contribution in [2.24, 2.45) is 0 Å². The summed E-state index contributed by atoms with van der Waals surface area (Å²) >= 11 is 0. The molecule has 0 bridgehead atoms. The number of aryl methyl sites for hydroxylation is 1. The number of benzene rings is 1.